The van der Waals surface area contributed by atoms with Gasteiger partial charge in [0.15, 0.2) is 0 Å². The van der Waals surface area contributed by atoms with Crippen molar-refractivity contribution in [2.75, 3.05) is 20.1 Å². The topological polar surface area (TPSA) is 59.2 Å². The van der Waals surface area contributed by atoms with Gasteiger partial charge in [0.25, 0.3) is 0 Å². The summed E-state index contributed by atoms with van der Waals surface area (Å²) in [6.07, 6.45) is 4.91. The van der Waals surface area contributed by atoms with E-state index in [0.717, 1.165) is 12.0 Å². The van der Waals surface area contributed by atoms with Crippen LogP contribution in [-0.4, -0.2) is 35.9 Å². The second kappa shape index (κ2) is 6.50. The highest BCUT2D eigenvalue weighted by atomic mass is 16.2. The lowest BCUT2D eigenvalue weighted by molar-refractivity contribution is -0.131. The first-order valence-corrected chi connectivity index (χ1v) is 6.27. The summed E-state index contributed by atoms with van der Waals surface area (Å²) in [5, 5.41) is 0. The van der Waals surface area contributed by atoms with Crippen LogP contribution in [0.2, 0.25) is 0 Å². The van der Waals surface area contributed by atoms with Crippen molar-refractivity contribution in [3.05, 3.63) is 30.1 Å². The molecule has 1 heterocycles. The van der Waals surface area contributed by atoms with Gasteiger partial charge in [-0.2, -0.15) is 0 Å². The molecular formula is C14H23N3O. The third kappa shape index (κ3) is 4.84. The Labute approximate surface area is 109 Å². The fraction of sp³-hybridized carbons (Fsp3) is 0.571. The van der Waals surface area contributed by atoms with E-state index in [1.54, 1.807) is 11.1 Å². The van der Waals surface area contributed by atoms with E-state index in [-0.39, 0.29) is 11.3 Å². The molecule has 4 heteroatoms. The Hall–Kier alpha value is -1.42. The van der Waals surface area contributed by atoms with Crippen LogP contribution in [0, 0.1) is 5.41 Å². The fourth-order valence-electron chi connectivity index (χ4n) is 1.58. The summed E-state index contributed by atoms with van der Waals surface area (Å²) in [5.41, 5.74) is 6.66. The van der Waals surface area contributed by atoms with E-state index in [2.05, 4.69) is 4.98 Å². The molecule has 1 aromatic heterocycles. The van der Waals surface area contributed by atoms with Crippen molar-refractivity contribution in [2.24, 2.45) is 11.1 Å². The van der Waals surface area contributed by atoms with Gasteiger partial charge in [-0.05, 0) is 30.0 Å². The second-order valence-electron chi connectivity index (χ2n) is 5.47. The Morgan fingerprint density at radius 1 is 1.50 bits per heavy atom. The minimum atomic E-state index is -0.125. The van der Waals surface area contributed by atoms with Crippen LogP contribution in [0.25, 0.3) is 0 Å². The predicted molar refractivity (Wildman–Crippen MR) is 73.0 cm³/mol. The van der Waals surface area contributed by atoms with E-state index in [0.29, 0.717) is 19.5 Å². The van der Waals surface area contributed by atoms with Gasteiger partial charge in [-0.15, -0.1) is 0 Å². The molecule has 0 aliphatic heterocycles. The largest absolute Gasteiger partial charge is 0.345 e. The van der Waals surface area contributed by atoms with E-state index < -0.39 is 0 Å². The van der Waals surface area contributed by atoms with Crippen LogP contribution >= 0.6 is 0 Å². The molecule has 1 amide bonds. The zero-order valence-electron chi connectivity index (χ0n) is 11.5. The summed E-state index contributed by atoms with van der Waals surface area (Å²) in [7, 11) is 1.84. The first-order valence-electron chi connectivity index (χ1n) is 6.27. The average molecular weight is 249 g/mol. The molecular weight excluding hydrogens is 226 g/mol. The van der Waals surface area contributed by atoms with Gasteiger partial charge >= 0.3 is 0 Å². The summed E-state index contributed by atoms with van der Waals surface area (Å²) >= 11 is 0. The average Bonchev–Trinajstić information content (AvgIpc) is 2.36. The molecule has 0 fully saturated rings. The van der Waals surface area contributed by atoms with Crippen molar-refractivity contribution in [3.8, 4) is 0 Å². The lowest BCUT2D eigenvalue weighted by Crippen LogP contribution is -2.35. The predicted octanol–water partition coefficient (Wildman–Crippen LogP) is 1.46. The van der Waals surface area contributed by atoms with E-state index in [9.17, 15) is 4.79 Å². The zero-order chi connectivity index (χ0) is 13.6. The first-order chi connectivity index (χ1) is 8.44. The van der Waals surface area contributed by atoms with Crippen molar-refractivity contribution in [1.82, 2.24) is 9.88 Å². The molecule has 2 N–H and O–H groups in total. The molecule has 4 nitrogen and oxygen atoms in total. The number of amides is 1. The maximum Gasteiger partial charge on any atom is 0.222 e. The number of likely N-dealkylation sites (N-methyl/N-ethyl adjacent to an activating group) is 1. The molecule has 18 heavy (non-hydrogen) atoms. The molecule has 100 valence electrons. The Bertz CT molecular complexity index is 376. The van der Waals surface area contributed by atoms with Gasteiger partial charge in [0.2, 0.25) is 5.91 Å². The first kappa shape index (κ1) is 14.6. The molecule has 0 radical (unpaired) electrons. The van der Waals surface area contributed by atoms with Crippen LogP contribution in [0.5, 0.6) is 0 Å². The number of rotatable bonds is 6. The number of nitrogens with zero attached hydrogens (tertiary/aromatic N) is 2. The van der Waals surface area contributed by atoms with Crippen LogP contribution in [0.3, 0.4) is 0 Å². The van der Waals surface area contributed by atoms with E-state index in [4.69, 9.17) is 5.73 Å². The molecule has 0 spiro atoms. The van der Waals surface area contributed by atoms with Gasteiger partial charge < -0.3 is 10.6 Å². The SMILES string of the molecule is CN(CCc1cccnc1)C(=O)CC(C)(C)CN. The Morgan fingerprint density at radius 2 is 2.22 bits per heavy atom. The maximum atomic E-state index is 12.0. The summed E-state index contributed by atoms with van der Waals surface area (Å²) in [6, 6.07) is 3.93. The van der Waals surface area contributed by atoms with E-state index in [1.807, 2.05) is 39.2 Å². The molecule has 0 bridgehead atoms. The normalized spacial score (nSPS) is 11.3. The monoisotopic (exact) mass is 249 g/mol. The molecule has 1 rings (SSSR count). The number of nitrogens with two attached hydrogens (primary N) is 1. The van der Waals surface area contributed by atoms with Crippen molar-refractivity contribution in [3.63, 3.8) is 0 Å². The van der Waals surface area contributed by atoms with Crippen molar-refractivity contribution >= 4 is 5.91 Å². The molecule has 0 aliphatic rings. The van der Waals surface area contributed by atoms with E-state index in [1.165, 1.54) is 0 Å². The Balaban J connectivity index is 2.41. The Morgan fingerprint density at radius 3 is 2.78 bits per heavy atom. The molecule has 1 aromatic rings. The Kier molecular flexibility index (Phi) is 5.28. The summed E-state index contributed by atoms with van der Waals surface area (Å²) < 4.78 is 0. The van der Waals surface area contributed by atoms with Gasteiger partial charge in [-0.1, -0.05) is 19.9 Å². The maximum absolute atomic E-state index is 12.0. The lowest BCUT2D eigenvalue weighted by Gasteiger charge is -2.25. The third-order valence-electron chi connectivity index (χ3n) is 3.07. The number of aromatic nitrogens is 1. The highest BCUT2D eigenvalue weighted by molar-refractivity contribution is 5.76. The summed E-state index contributed by atoms with van der Waals surface area (Å²) in [6.45, 7) is 5.26. The van der Waals surface area contributed by atoms with Crippen molar-refractivity contribution in [2.45, 2.75) is 26.7 Å². The van der Waals surface area contributed by atoms with Crippen molar-refractivity contribution in [1.29, 1.82) is 0 Å². The summed E-state index contributed by atoms with van der Waals surface area (Å²) in [5.74, 6) is 0.148. The number of carbonyl (C=O) groups is 1. The summed E-state index contributed by atoms with van der Waals surface area (Å²) in [4.78, 5) is 17.8. The van der Waals surface area contributed by atoms with Crippen LogP contribution in [-0.2, 0) is 11.2 Å². The highest BCUT2D eigenvalue weighted by Crippen LogP contribution is 2.19. The highest BCUT2D eigenvalue weighted by Gasteiger charge is 2.22. The van der Waals surface area contributed by atoms with Crippen LogP contribution in [0.1, 0.15) is 25.8 Å². The third-order valence-corrected chi connectivity index (χ3v) is 3.07. The molecule has 0 saturated heterocycles. The standard InChI is InChI=1S/C14H23N3O/c1-14(2,11-15)9-13(18)17(3)8-6-12-5-4-7-16-10-12/h4-5,7,10H,6,8-9,11,15H2,1-3H3. The molecule has 0 aromatic carbocycles. The number of hydrogen-bond donors (Lipinski definition) is 1. The lowest BCUT2D eigenvalue weighted by atomic mass is 9.89. The van der Waals surface area contributed by atoms with Crippen molar-refractivity contribution < 1.29 is 4.79 Å². The molecule has 0 atom stereocenters. The van der Waals surface area contributed by atoms with Crippen LogP contribution in [0.4, 0.5) is 0 Å². The minimum absolute atomic E-state index is 0.125. The zero-order valence-corrected chi connectivity index (χ0v) is 11.5. The van der Waals surface area contributed by atoms with Gasteiger partial charge in [-0.3, -0.25) is 9.78 Å². The molecule has 0 saturated carbocycles. The van der Waals surface area contributed by atoms with Gasteiger partial charge in [0.1, 0.15) is 0 Å². The molecule has 0 unspecified atom stereocenters. The van der Waals surface area contributed by atoms with Crippen LogP contribution in [0.15, 0.2) is 24.5 Å². The number of pyridine rings is 1. The van der Waals surface area contributed by atoms with Gasteiger partial charge in [0, 0.05) is 32.4 Å². The van der Waals surface area contributed by atoms with Gasteiger partial charge in [0.05, 0.1) is 0 Å². The fourth-order valence-corrected chi connectivity index (χ4v) is 1.58. The second-order valence-corrected chi connectivity index (χ2v) is 5.47. The number of carbonyl (C=O) groups excluding carboxylic acids is 1. The smallest absolute Gasteiger partial charge is 0.222 e. The van der Waals surface area contributed by atoms with Crippen LogP contribution < -0.4 is 5.73 Å². The number of hydrogen-bond acceptors (Lipinski definition) is 3. The minimum Gasteiger partial charge on any atom is -0.345 e. The molecule has 0 aliphatic carbocycles. The van der Waals surface area contributed by atoms with Gasteiger partial charge in [-0.25, -0.2) is 0 Å². The quantitative estimate of drug-likeness (QED) is 0.830. The van der Waals surface area contributed by atoms with E-state index >= 15 is 0 Å².